The fraction of sp³-hybridized carbons (Fsp3) is 0.933. The second-order valence-electron chi connectivity index (χ2n) is 6.56. The molecule has 1 N–H and O–H groups in total. The number of carbonyl (C=O) groups excluding carboxylic acids is 1. The predicted molar refractivity (Wildman–Crippen MR) is 78.4 cm³/mol. The first-order valence-electron chi connectivity index (χ1n) is 8.13. The van der Waals surface area contributed by atoms with Crippen molar-refractivity contribution >= 4 is 5.91 Å². The molecule has 1 amide bonds. The Kier molecular flexibility index (Phi) is 6.09. The normalized spacial score (nSPS) is 26.0. The number of halogens is 3. The van der Waals surface area contributed by atoms with Crippen LogP contribution >= 0.6 is 0 Å². The molecule has 0 aromatic rings. The second kappa shape index (κ2) is 7.64. The number of rotatable bonds is 4. The molecule has 22 heavy (non-hydrogen) atoms. The molecule has 0 aromatic heterocycles. The van der Waals surface area contributed by atoms with Gasteiger partial charge in [0.05, 0.1) is 6.54 Å². The highest BCUT2D eigenvalue weighted by atomic mass is 19.4. The number of alkyl halides is 3. The lowest BCUT2D eigenvalue weighted by atomic mass is 9.85. The van der Waals surface area contributed by atoms with Gasteiger partial charge in [-0.3, -0.25) is 9.69 Å². The van der Waals surface area contributed by atoms with E-state index in [0.717, 1.165) is 25.9 Å². The number of amides is 1. The van der Waals surface area contributed by atoms with Crippen LogP contribution in [-0.4, -0.2) is 67.7 Å². The summed E-state index contributed by atoms with van der Waals surface area (Å²) >= 11 is 0. The number of hydrogen-bond donors (Lipinski definition) is 1. The van der Waals surface area contributed by atoms with Crippen LogP contribution in [0.4, 0.5) is 13.2 Å². The Morgan fingerprint density at radius 2 is 1.95 bits per heavy atom. The third-order valence-corrected chi connectivity index (χ3v) is 4.76. The molecule has 2 fully saturated rings. The predicted octanol–water partition coefficient (Wildman–Crippen LogP) is 1.72. The zero-order chi connectivity index (χ0) is 16.2. The van der Waals surface area contributed by atoms with Crippen LogP contribution in [0.1, 0.15) is 26.2 Å². The van der Waals surface area contributed by atoms with Crippen molar-refractivity contribution in [3.8, 4) is 0 Å². The highest BCUT2D eigenvalue weighted by Gasteiger charge is 2.33. The molecular weight excluding hydrogens is 295 g/mol. The van der Waals surface area contributed by atoms with Gasteiger partial charge in [-0.25, -0.2) is 0 Å². The van der Waals surface area contributed by atoms with Gasteiger partial charge in [-0.2, -0.15) is 13.2 Å². The summed E-state index contributed by atoms with van der Waals surface area (Å²) in [6.07, 6.45) is -1.35. The highest BCUT2D eigenvalue weighted by Crippen LogP contribution is 2.24. The summed E-state index contributed by atoms with van der Waals surface area (Å²) in [5.74, 6) is 0.947. The van der Waals surface area contributed by atoms with Crippen LogP contribution in [0.3, 0.4) is 0 Å². The average Bonchev–Trinajstić information content (AvgIpc) is 2.47. The summed E-state index contributed by atoms with van der Waals surface area (Å²) in [6, 6.07) is 0. The lowest BCUT2D eigenvalue weighted by Crippen LogP contribution is -2.51. The summed E-state index contributed by atoms with van der Waals surface area (Å²) in [7, 11) is 0. The molecule has 0 saturated carbocycles. The molecule has 2 rings (SSSR count). The molecule has 128 valence electrons. The Morgan fingerprint density at radius 1 is 1.27 bits per heavy atom. The molecule has 2 aliphatic heterocycles. The molecule has 2 atom stereocenters. The molecule has 0 aliphatic carbocycles. The topological polar surface area (TPSA) is 35.6 Å². The summed E-state index contributed by atoms with van der Waals surface area (Å²) in [5, 5.41) is 3.36. The Labute approximate surface area is 130 Å². The van der Waals surface area contributed by atoms with E-state index < -0.39 is 12.7 Å². The summed E-state index contributed by atoms with van der Waals surface area (Å²) in [5.41, 5.74) is 0. The van der Waals surface area contributed by atoms with Crippen molar-refractivity contribution in [2.45, 2.75) is 32.4 Å². The molecular formula is C15H26F3N3O. The first-order chi connectivity index (χ1) is 10.3. The van der Waals surface area contributed by atoms with Crippen molar-refractivity contribution in [1.82, 2.24) is 15.1 Å². The van der Waals surface area contributed by atoms with Crippen molar-refractivity contribution < 1.29 is 18.0 Å². The van der Waals surface area contributed by atoms with E-state index in [9.17, 15) is 18.0 Å². The quantitative estimate of drug-likeness (QED) is 0.856. The molecule has 2 aliphatic rings. The Balaban J connectivity index is 1.72. The standard InChI is InChI=1S/C15H26F3N3O/c1-12(13-3-2-4-19-10-13)9-14(22)21-7-5-20(6-8-21)11-15(16,17)18/h12-13,19H,2-11H2,1H3. The highest BCUT2D eigenvalue weighted by molar-refractivity contribution is 5.76. The fourth-order valence-corrected chi connectivity index (χ4v) is 3.34. The van der Waals surface area contributed by atoms with Gasteiger partial charge in [0.15, 0.2) is 0 Å². The van der Waals surface area contributed by atoms with Gasteiger partial charge in [0.1, 0.15) is 0 Å². The molecule has 7 heteroatoms. The van der Waals surface area contributed by atoms with E-state index in [-0.39, 0.29) is 5.91 Å². The summed E-state index contributed by atoms with van der Waals surface area (Å²) in [6.45, 7) is 4.69. The van der Waals surface area contributed by atoms with Gasteiger partial charge in [0.25, 0.3) is 0 Å². The number of nitrogens with zero attached hydrogens (tertiary/aromatic N) is 2. The Hall–Kier alpha value is -0.820. The van der Waals surface area contributed by atoms with E-state index >= 15 is 0 Å². The Morgan fingerprint density at radius 3 is 2.50 bits per heavy atom. The Bertz CT molecular complexity index is 362. The largest absolute Gasteiger partial charge is 0.401 e. The average molecular weight is 321 g/mol. The molecule has 2 saturated heterocycles. The molecule has 0 bridgehead atoms. The van der Waals surface area contributed by atoms with Gasteiger partial charge in [-0.15, -0.1) is 0 Å². The van der Waals surface area contributed by atoms with E-state index in [0.29, 0.717) is 44.4 Å². The van der Waals surface area contributed by atoms with Gasteiger partial charge < -0.3 is 10.2 Å². The number of carbonyl (C=O) groups is 1. The lowest BCUT2D eigenvalue weighted by molar-refractivity contribution is -0.152. The minimum Gasteiger partial charge on any atom is -0.340 e. The molecule has 4 nitrogen and oxygen atoms in total. The molecule has 0 radical (unpaired) electrons. The van der Waals surface area contributed by atoms with Crippen molar-refractivity contribution in [1.29, 1.82) is 0 Å². The molecule has 0 aromatic carbocycles. The monoisotopic (exact) mass is 321 g/mol. The van der Waals surface area contributed by atoms with Crippen LogP contribution in [0.15, 0.2) is 0 Å². The van der Waals surface area contributed by atoms with Gasteiger partial charge in [-0.05, 0) is 37.8 Å². The van der Waals surface area contributed by atoms with Crippen LogP contribution in [-0.2, 0) is 4.79 Å². The molecule has 0 spiro atoms. The number of hydrogen-bond acceptors (Lipinski definition) is 3. The number of piperazine rings is 1. The maximum atomic E-state index is 12.3. The summed E-state index contributed by atoms with van der Waals surface area (Å²) in [4.78, 5) is 15.4. The van der Waals surface area contributed by atoms with Gasteiger partial charge >= 0.3 is 6.18 Å². The van der Waals surface area contributed by atoms with E-state index in [1.54, 1.807) is 4.90 Å². The second-order valence-corrected chi connectivity index (χ2v) is 6.56. The van der Waals surface area contributed by atoms with Crippen molar-refractivity contribution in [3.05, 3.63) is 0 Å². The number of nitrogens with one attached hydrogen (secondary N) is 1. The van der Waals surface area contributed by atoms with E-state index in [4.69, 9.17) is 0 Å². The summed E-state index contributed by atoms with van der Waals surface area (Å²) < 4.78 is 37.0. The smallest absolute Gasteiger partial charge is 0.340 e. The SMILES string of the molecule is CC(CC(=O)N1CCN(CC(F)(F)F)CC1)C1CCCNC1. The van der Waals surface area contributed by atoms with Crippen molar-refractivity contribution in [2.75, 3.05) is 45.8 Å². The van der Waals surface area contributed by atoms with Crippen LogP contribution in [0.5, 0.6) is 0 Å². The van der Waals surface area contributed by atoms with Crippen LogP contribution in [0.2, 0.25) is 0 Å². The maximum absolute atomic E-state index is 12.3. The first kappa shape index (κ1) is 17.5. The minimum atomic E-state index is -4.16. The third kappa shape index (κ3) is 5.43. The van der Waals surface area contributed by atoms with Crippen LogP contribution in [0, 0.1) is 11.8 Å². The van der Waals surface area contributed by atoms with Gasteiger partial charge in [0.2, 0.25) is 5.91 Å². The van der Waals surface area contributed by atoms with Crippen LogP contribution in [0.25, 0.3) is 0 Å². The van der Waals surface area contributed by atoms with E-state index in [2.05, 4.69) is 12.2 Å². The van der Waals surface area contributed by atoms with Crippen LogP contribution < -0.4 is 5.32 Å². The van der Waals surface area contributed by atoms with Crippen molar-refractivity contribution in [2.24, 2.45) is 11.8 Å². The maximum Gasteiger partial charge on any atom is 0.401 e. The fourth-order valence-electron chi connectivity index (χ4n) is 3.34. The minimum absolute atomic E-state index is 0.0877. The zero-order valence-corrected chi connectivity index (χ0v) is 13.2. The lowest BCUT2D eigenvalue weighted by Gasteiger charge is -2.36. The van der Waals surface area contributed by atoms with E-state index in [1.807, 2.05) is 0 Å². The van der Waals surface area contributed by atoms with E-state index in [1.165, 1.54) is 4.90 Å². The number of piperidine rings is 1. The zero-order valence-electron chi connectivity index (χ0n) is 13.2. The molecule has 2 unspecified atom stereocenters. The first-order valence-corrected chi connectivity index (χ1v) is 8.13. The van der Waals surface area contributed by atoms with Crippen molar-refractivity contribution in [3.63, 3.8) is 0 Å². The van der Waals surface area contributed by atoms with Gasteiger partial charge in [-0.1, -0.05) is 6.92 Å². The third-order valence-electron chi connectivity index (χ3n) is 4.76. The molecule has 2 heterocycles. The van der Waals surface area contributed by atoms with Gasteiger partial charge in [0, 0.05) is 32.6 Å².